The Bertz CT molecular complexity index is 465. The summed E-state index contributed by atoms with van der Waals surface area (Å²) < 4.78 is 12.8. The van der Waals surface area contributed by atoms with Gasteiger partial charge in [-0.15, -0.1) is 0 Å². The molecule has 0 radical (unpaired) electrons. The number of hydrogen-bond donors (Lipinski definition) is 3. The minimum absolute atomic E-state index is 0.0257. The van der Waals surface area contributed by atoms with E-state index in [4.69, 9.17) is 18.0 Å². The van der Waals surface area contributed by atoms with Crippen LogP contribution >= 0.6 is 12.2 Å². The van der Waals surface area contributed by atoms with Crippen LogP contribution in [-0.4, -0.2) is 22.0 Å². The van der Waals surface area contributed by atoms with Gasteiger partial charge in [0.2, 0.25) is 0 Å². The van der Waals surface area contributed by atoms with Crippen molar-refractivity contribution in [1.82, 2.24) is 5.32 Å². The van der Waals surface area contributed by atoms with Gasteiger partial charge in [-0.1, -0.05) is 19.1 Å². The lowest BCUT2D eigenvalue weighted by atomic mass is 10.1. The molecule has 1 aromatic carbocycles. The fourth-order valence-corrected chi connectivity index (χ4v) is 1.70. The second-order valence-electron chi connectivity index (χ2n) is 3.91. The Labute approximate surface area is 110 Å². The molecule has 0 aromatic heterocycles. The zero-order chi connectivity index (χ0) is 13.7. The van der Waals surface area contributed by atoms with Crippen molar-refractivity contribution >= 4 is 23.1 Å². The number of aromatic hydroxyl groups is 1. The monoisotopic (exact) mass is 270 g/mol. The lowest BCUT2D eigenvalue weighted by Crippen LogP contribution is -2.37. The first-order valence-corrected chi connectivity index (χ1v) is 5.92. The van der Waals surface area contributed by atoms with Crippen molar-refractivity contribution in [1.29, 1.82) is 0 Å². The largest absolute Gasteiger partial charge is 0.507 e. The van der Waals surface area contributed by atoms with Crippen LogP contribution in [0.5, 0.6) is 5.75 Å². The third-order valence-electron chi connectivity index (χ3n) is 2.48. The third kappa shape index (κ3) is 3.96. The first-order valence-electron chi connectivity index (χ1n) is 5.51. The zero-order valence-electron chi connectivity index (χ0n) is 9.94. The van der Waals surface area contributed by atoms with Crippen molar-refractivity contribution in [3.05, 3.63) is 29.6 Å². The number of halogens is 1. The van der Waals surface area contributed by atoms with Crippen molar-refractivity contribution in [3.8, 4) is 5.75 Å². The van der Waals surface area contributed by atoms with Crippen molar-refractivity contribution in [2.45, 2.75) is 25.8 Å². The third-order valence-corrected chi connectivity index (χ3v) is 2.65. The molecule has 4 nitrogen and oxygen atoms in total. The highest BCUT2D eigenvalue weighted by molar-refractivity contribution is 7.80. The molecule has 0 aliphatic rings. The van der Waals surface area contributed by atoms with Gasteiger partial charge >= 0.3 is 0 Å². The smallest absolute Gasteiger partial charge is 0.255 e. The Kier molecular flexibility index (Phi) is 5.03. The summed E-state index contributed by atoms with van der Waals surface area (Å²) in [6.07, 6.45) is 1.05. The van der Waals surface area contributed by atoms with E-state index in [2.05, 4.69) is 5.32 Å². The highest BCUT2D eigenvalue weighted by atomic mass is 32.1. The first kappa shape index (κ1) is 14.4. The quantitative estimate of drug-likeness (QED) is 0.712. The summed E-state index contributed by atoms with van der Waals surface area (Å²) in [5.41, 5.74) is 5.44. The SMILES string of the molecule is CCC(CC(N)=S)NC(=O)c1ccc(F)cc1O. The van der Waals surface area contributed by atoms with Crippen LogP contribution in [0.1, 0.15) is 30.1 Å². The Balaban J connectivity index is 2.77. The summed E-state index contributed by atoms with van der Waals surface area (Å²) in [6.45, 7) is 1.88. The van der Waals surface area contributed by atoms with Gasteiger partial charge in [-0.25, -0.2) is 4.39 Å². The van der Waals surface area contributed by atoms with Gasteiger partial charge in [-0.3, -0.25) is 4.79 Å². The minimum Gasteiger partial charge on any atom is -0.507 e. The number of benzene rings is 1. The molecule has 0 spiro atoms. The number of phenols is 1. The molecular formula is C12H15FN2O2S. The van der Waals surface area contributed by atoms with Crippen molar-refractivity contribution in [2.24, 2.45) is 5.73 Å². The van der Waals surface area contributed by atoms with E-state index in [1.807, 2.05) is 6.92 Å². The Morgan fingerprint density at radius 1 is 1.61 bits per heavy atom. The van der Waals surface area contributed by atoms with Gasteiger partial charge in [0.25, 0.3) is 5.91 Å². The fraction of sp³-hybridized carbons (Fsp3) is 0.333. The normalized spacial score (nSPS) is 11.9. The molecule has 18 heavy (non-hydrogen) atoms. The van der Waals surface area contributed by atoms with Crippen LogP contribution in [0, 0.1) is 5.82 Å². The lowest BCUT2D eigenvalue weighted by molar-refractivity contribution is 0.0934. The standard InChI is InChI=1S/C12H15FN2O2S/c1-2-8(6-11(14)18)15-12(17)9-4-3-7(13)5-10(9)16/h3-5,8,16H,2,6H2,1H3,(H2,14,18)(H,15,17). The summed E-state index contributed by atoms with van der Waals surface area (Å²) in [4.78, 5) is 12.2. The lowest BCUT2D eigenvalue weighted by Gasteiger charge is -2.16. The van der Waals surface area contributed by atoms with E-state index >= 15 is 0 Å². The molecule has 1 rings (SSSR count). The van der Waals surface area contributed by atoms with Crippen LogP contribution in [0.3, 0.4) is 0 Å². The number of nitrogens with one attached hydrogen (secondary N) is 1. The molecule has 1 amide bonds. The average Bonchev–Trinajstić information content (AvgIpc) is 2.27. The molecule has 0 bridgehead atoms. The predicted molar refractivity (Wildman–Crippen MR) is 71.0 cm³/mol. The molecule has 0 aliphatic heterocycles. The summed E-state index contributed by atoms with van der Waals surface area (Å²) >= 11 is 4.78. The van der Waals surface area contributed by atoms with Gasteiger partial charge in [-0.05, 0) is 18.6 Å². The van der Waals surface area contributed by atoms with Crippen LogP contribution in [0.15, 0.2) is 18.2 Å². The van der Waals surface area contributed by atoms with E-state index in [0.29, 0.717) is 17.8 Å². The topological polar surface area (TPSA) is 75.3 Å². The molecular weight excluding hydrogens is 255 g/mol. The molecule has 4 N–H and O–H groups in total. The molecule has 1 aromatic rings. The van der Waals surface area contributed by atoms with Crippen LogP contribution in [-0.2, 0) is 0 Å². The number of rotatable bonds is 5. The Morgan fingerprint density at radius 3 is 2.78 bits per heavy atom. The summed E-state index contributed by atoms with van der Waals surface area (Å²) in [6, 6.07) is 3.04. The van der Waals surface area contributed by atoms with Gasteiger partial charge < -0.3 is 16.2 Å². The fourth-order valence-electron chi connectivity index (χ4n) is 1.50. The molecule has 0 fully saturated rings. The maximum Gasteiger partial charge on any atom is 0.255 e. The predicted octanol–water partition coefficient (Wildman–Crippen LogP) is 1.72. The number of phenolic OH excluding ortho intramolecular Hbond substituents is 1. The maximum absolute atomic E-state index is 12.8. The van der Waals surface area contributed by atoms with Crippen molar-refractivity contribution < 1.29 is 14.3 Å². The molecule has 1 unspecified atom stereocenters. The van der Waals surface area contributed by atoms with Gasteiger partial charge in [0.15, 0.2) is 0 Å². The summed E-state index contributed by atoms with van der Waals surface area (Å²) in [7, 11) is 0. The number of hydrogen-bond acceptors (Lipinski definition) is 3. The number of thiocarbonyl (C=S) groups is 1. The van der Waals surface area contributed by atoms with E-state index in [9.17, 15) is 14.3 Å². The molecule has 0 heterocycles. The van der Waals surface area contributed by atoms with Crippen molar-refractivity contribution in [3.63, 3.8) is 0 Å². The second kappa shape index (κ2) is 6.30. The van der Waals surface area contributed by atoms with Crippen molar-refractivity contribution in [2.75, 3.05) is 0 Å². The molecule has 0 aliphatic carbocycles. The molecule has 1 atom stereocenters. The maximum atomic E-state index is 12.8. The first-order chi connectivity index (χ1) is 8.43. The molecule has 98 valence electrons. The van der Waals surface area contributed by atoms with Gasteiger partial charge in [0.1, 0.15) is 11.6 Å². The highest BCUT2D eigenvalue weighted by Gasteiger charge is 2.16. The average molecular weight is 270 g/mol. The molecule has 0 saturated heterocycles. The van der Waals surface area contributed by atoms with Crippen LogP contribution in [0.2, 0.25) is 0 Å². The zero-order valence-corrected chi connectivity index (χ0v) is 10.8. The van der Waals surface area contributed by atoms with Gasteiger partial charge in [-0.2, -0.15) is 0 Å². The molecule has 6 heteroatoms. The van der Waals surface area contributed by atoms with Gasteiger partial charge in [0.05, 0.1) is 10.6 Å². The Morgan fingerprint density at radius 2 is 2.28 bits per heavy atom. The summed E-state index contributed by atoms with van der Waals surface area (Å²) in [5, 5.41) is 12.2. The van der Waals surface area contributed by atoms with Crippen LogP contribution < -0.4 is 11.1 Å². The molecule has 0 saturated carbocycles. The summed E-state index contributed by atoms with van der Waals surface area (Å²) in [5.74, 6) is -1.47. The number of carbonyl (C=O) groups excluding carboxylic acids is 1. The van der Waals surface area contributed by atoms with E-state index in [1.165, 1.54) is 6.07 Å². The van der Waals surface area contributed by atoms with E-state index in [-0.39, 0.29) is 11.6 Å². The number of amides is 1. The van der Waals surface area contributed by atoms with E-state index < -0.39 is 17.5 Å². The van der Waals surface area contributed by atoms with E-state index in [0.717, 1.165) is 12.1 Å². The number of carbonyl (C=O) groups is 1. The minimum atomic E-state index is -0.598. The van der Waals surface area contributed by atoms with Crippen LogP contribution in [0.25, 0.3) is 0 Å². The highest BCUT2D eigenvalue weighted by Crippen LogP contribution is 2.18. The second-order valence-corrected chi connectivity index (χ2v) is 4.43. The van der Waals surface area contributed by atoms with Crippen LogP contribution in [0.4, 0.5) is 4.39 Å². The van der Waals surface area contributed by atoms with Gasteiger partial charge in [0, 0.05) is 18.5 Å². The van der Waals surface area contributed by atoms with E-state index in [1.54, 1.807) is 0 Å². The Hall–Kier alpha value is -1.69. The number of nitrogens with two attached hydrogens (primary N) is 1.